The molecule has 2 aromatic heterocycles. The van der Waals surface area contributed by atoms with E-state index in [-0.39, 0.29) is 16.7 Å². The highest BCUT2D eigenvalue weighted by Gasteiger charge is 2.06. The molecule has 1 aromatic carbocycles. The standard InChI is InChI=1S/C16H11N3O4/c20-14-7-3-5-12(18-14)16(22)19-17-8-10-9-23-13-6-2-1-4-11(13)15(10)21/h1-9H,(H,18,20)(H,19,22). The summed E-state index contributed by atoms with van der Waals surface area (Å²) in [5.74, 6) is -0.593. The Hall–Kier alpha value is -3.48. The van der Waals surface area contributed by atoms with E-state index in [4.69, 9.17) is 4.42 Å². The first-order valence-corrected chi connectivity index (χ1v) is 6.68. The van der Waals surface area contributed by atoms with Gasteiger partial charge in [-0.15, -0.1) is 0 Å². The highest BCUT2D eigenvalue weighted by Crippen LogP contribution is 2.09. The number of hydrogen-bond donors (Lipinski definition) is 2. The zero-order valence-corrected chi connectivity index (χ0v) is 11.8. The number of fused-ring (bicyclic) bond motifs is 1. The number of hydrazone groups is 1. The van der Waals surface area contributed by atoms with Gasteiger partial charge in [-0.1, -0.05) is 18.2 Å². The minimum atomic E-state index is -0.593. The highest BCUT2D eigenvalue weighted by molar-refractivity contribution is 5.93. The van der Waals surface area contributed by atoms with Crippen LogP contribution in [0.2, 0.25) is 0 Å². The first-order valence-electron chi connectivity index (χ1n) is 6.68. The number of pyridine rings is 1. The molecule has 0 aliphatic carbocycles. The number of amides is 1. The Balaban J connectivity index is 1.81. The van der Waals surface area contributed by atoms with Crippen molar-refractivity contribution in [3.8, 4) is 0 Å². The van der Waals surface area contributed by atoms with Crippen molar-refractivity contribution in [2.45, 2.75) is 0 Å². The van der Waals surface area contributed by atoms with Gasteiger partial charge in [-0.25, -0.2) is 5.43 Å². The molecule has 0 saturated heterocycles. The number of carbonyl (C=O) groups excluding carboxylic acids is 1. The summed E-state index contributed by atoms with van der Waals surface area (Å²) in [5, 5.41) is 4.13. The highest BCUT2D eigenvalue weighted by atomic mass is 16.3. The fourth-order valence-electron chi connectivity index (χ4n) is 1.98. The molecule has 0 radical (unpaired) electrons. The summed E-state index contributed by atoms with van der Waals surface area (Å²) in [4.78, 5) is 37.5. The van der Waals surface area contributed by atoms with Crippen molar-refractivity contribution >= 4 is 23.1 Å². The van der Waals surface area contributed by atoms with E-state index < -0.39 is 11.5 Å². The fourth-order valence-corrected chi connectivity index (χ4v) is 1.98. The van der Waals surface area contributed by atoms with Gasteiger partial charge in [0.1, 0.15) is 17.5 Å². The van der Waals surface area contributed by atoms with E-state index in [1.165, 1.54) is 30.7 Å². The van der Waals surface area contributed by atoms with Crippen molar-refractivity contribution in [2.75, 3.05) is 0 Å². The lowest BCUT2D eigenvalue weighted by molar-refractivity contribution is 0.0950. The number of nitrogens with zero attached hydrogens (tertiary/aromatic N) is 1. The average Bonchev–Trinajstić information content (AvgIpc) is 2.57. The molecule has 0 aliphatic rings. The average molecular weight is 309 g/mol. The van der Waals surface area contributed by atoms with Gasteiger partial charge in [0.25, 0.3) is 5.91 Å². The number of benzene rings is 1. The second kappa shape index (κ2) is 6.10. The van der Waals surface area contributed by atoms with Crippen LogP contribution in [0.4, 0.5) is 0 Å². The summed E-state index contributed by atoms with van der Waals surface area (Å²) in [7, 11) is 0. The summed E-state index contributed by atoms with van der Waals surface area (Å²) >= 11 is 0. The minimum absolute atomic E-state index is 0.0696. The van der Waals surface area contributed by atoms with Crippen LogP contribution in [-0.2, 0) is 0 Å². The molecule has 23 heavy (non-hydrogen) atoms. The van der Waals surface area contributed by atoms with Crippen molar-refractivity contribution in [2.24, 2.45) is 5.10 Å². The molecule has 0 fully saturated rings. The Morgan fingerprint density at radius 1 is 1.13 bits per heavy atom. The van der Waals surface area contributed by atoms with Gasteiger partial charge in [0, 0.05) is 6.07 Å². The number of H-pyrrole nitrogens is 1. The number of para-hydroxylation sites is 1. The molecule has 7 nitrogen and oxygen atoms in total. The molecular weight excluding hydrogens is 298 g/mol. The molecule has 0 bridgehead atoms. The maximum Gasteiger partial charge on any atom is 0.287 e. The second-order valence-corrected chi connectivity index (χ2v) is 4.64. The van der Waals surface area contributed by atoms with E-state index in [2.05, 4.69) is 15.5 Å². The van der Waals surface area contributed by atoms with Gasteiger partial charge in [0.15, 0.2) is 0 Å². The molecule has 2 heterocycles. The molecule has 0 atom stereocenters. The molecule has 2 N–H and O–H groups in total. The van der Waals surface area contributed by atoms with E-state index in [9.17, 15) is 14.4 Å². The van der Waals surface area contributed by atoms with Gasteiger partial charge in [0.05, 0.1) is 17.2 Å². The topological polar surface area (TPSA) is 105 Å². The molecular formula is C16H11N3O4. The maximum atomic E-state index is 12.2. The summed E-state index contributed by atoms with van der Waals surface area (Å²) < 4.78 is 5.33. The summed E-state index contributed by atoms with van der Waals surface area (Å²) in [6.45, 7) is 0. The van der Waals surface area contributed by atoms with Crippen molar-refractivity contribution in [1.82, 2.24) is 10.4 Å². The molecule has 0 spiro atoms. The summed E-state index contributed by atoms with van der Waals surface area (Å²) in [6.07, 6.45) is 2.46. The Kier molecular flexibility index (Phi) is 3.84. The monoisotopic (exact) mass is 309 g/mol. The quantitative estimate of drug-likeness (QED) is 0.561. The lowest BCUT2D eigenvalue weighted by Gasteiger charge is -1.99. The lowest BCUT2D eigenvalue weighted by atomic mass is 10.2. The van der Waals surface area contributed by atoms with Gasteiger partial charge >= 0.3 is 0 Å². The number of carbonyl (C=O) groups is 1. The predicted octanol–water partition coefficient (Wildman–Crippen LogP) is 1.25. The Morgan fingerprint density at radius 3 is 2.78 bits per heavy atom. The fraction of sp³-hybridized carbons (Fsp3) is 0. The van der Waals surface area contributed by atoms with E-state index in [0.29, 0.717) is 11.0 Å². The second-order valence-electron chi connectivity index (χ2n) is 4.64. The van der Waals surface area contributed by atoms with Gasteiger partial charge in [-0.3, -0.25) is 14.4 Å². The first-order chi connectivity index (χ1) is 11.1. The van der Waals surface area contributed by atoms with Crippen molar-refractivity contribution in [1.29, 1.82) is 0 Å². The Bertz CT molecular complexity index is 1020. The normalized spacial score (nSPS) is 11.0. The van der Waals surface area contributed by atoms with Crippen LogP contribution in [-0.4, -0.2) is 17.1 Å². The SMILES string of the molecule is O=C(NN=Cc1coc2ccccc2c1=O)c1cccc(=O)[nH]1. The number of hydrogen-bond acceptors (Lipinski definition) is 5. The van der Waals surface area contributed by atoms with Gasteiger partial charge in [0.2, 0.25) is 11.0 Å². The molecule has 3 aromatic rings. The number of rotatable bonds is 3. The number of aromatic nitrogens is 1. The third kappa shape index (κ3) is 3.08. The summed E-state index contributed by atoms with van der Waals surface area (Å²) in [5.41, 5.74) is 2.33. The van der Waals surface area contributed by atoms with Gasteiger partial charge < -0.3 is 9.40 Å². The lowest BCUT2D eigenvalue weighted by Crippen LogP contribution is -2.22. The molecule has 1 amide bonds. The van der Waals surface area contributed by atoms with Crippen molar-refractivity contribution in [3.05, 3.63) is 80.6 Å². The van der Waals surface area contributed by atoms with Crippen molar-refractivity contribution < 1.29 is 9.21 Å². The molecule has 0 unspecified atom stereocenters. The predicted molar refractivity (Wildman–Crippen MR) is 84.6 cm³/mol. The van der Waals surface area contributed by atoms with Crippen LogP contribution in [0.1, 0.15) is 16.1 Å². The largest absolute Gasteiger partial charge is 0.463 e. The maximum absolute atomic E-state index is 12.2. The van der Waals surface area contributed by atoms with Crippen molar-refractivity contribution in [3.63, 3.8) is 0 Å². The zero-order valence-electron chi connectivity index (χ0n) is 11.8. The zero-order chi connectivity index (χ0) is 16.2. The molecule has 0 aliphatic heterocycles. The van der Waals surface area contributed by atoms with Crippen LogP contribution in [0, 0.1) is 0 Å². The van der Waals surface area contributed by atoms with Crippen LogP contribution in [0.3, 0.4) is 0 Å². The minimum Gasteiger partial charge on any atom is -0.463 e. The third-order valence-electron chi connectivity index (χ3n) is 3.09. The van der Waals surface area contributed by atoms with E-state index in [0.717, 1.165) is 0 Å². The summed E-state index contributed by atoms with van der Waals surface area (Å²) in [6, 6.07) is 11.0. The molecule has 0 saturated carbocycles. The number of aromatic amines is 1. The van der Waals surface area contributed by atoms with Crippen LogP contribution in [0.5, 0.6) is 0 Å². The number of nitrogens with one attached hydrogen (secondary N) is 2. The van der Waals surface area contributed by atoms with Gasteiger partial charge in [-0.05, 0) is 18.2 Å². The third-order valence-corrected chi connectivity index (χ3v) is 3.09. The van der Waals surface area contributed by atoms with E-state index >= 15 is 0 Å². The van der Waals surface area contributed by atoms with Crippen LogP contribution < -0.4 is 16.4 Å². The smallest absolute Gasteiger partial charge is 0.287 e. The molecule has 3 rings (SSSR count). The first kappa shape index (κ1) is 14.5. The Morgan fingerprint density at radius 2 is 1.96 bits per heavy atom. The Labute approximate surface area is 129 Å². The molecule has 7 heteroatoms. The van der Waals surface area contributed by atoms with E-state index in [1.807, 2.05) is 0 Å². The molecule has 114 valence electrons. The van der Waals surface area contributed by atoms with E-state index in [1.54, 1.807) is 24.3 Å². The van der Waals surface area contributed by atoms with Crippen LogP contribution in [0.25, 0.3) is 11.0 Å². The van der Waals surface area contributed by atoms with Crippen LogP contribution >= 0.6 is 0 Å². The van der Waals surface area contributed by atoms with Crippen LogP contribution in [0.15, 0.2) is 67.8 Å². The van der Waals surface area contributed by atoms with Gasteiger partial charge in [-0.2, -0.15) is 5.10 Å².